The van der Waals surface area contributed by atoms with Crippen LogP contribution in [0.2, 0.25) is 0 Å². The van der Waals surface area contributed by atoms with Crippen LogP contribution in [0.1, 0.15) is 30.1 Å². The third kappa shape index (κ3) is 5.33. The first-order valence-electron chi connectivity index (χ1n) is 8.01. The highest BCUT2D eigenvalue weighted by atomic mass is 19.1. The lowest BCUT2D eigenvalue weighted by Gasteiger charge is -2.33. The van der Waals surface area contributed by atoms with Crippen molar-refractivity contribution >= 4 is 17.7 Å². The highest BCUT2D eigenvalue weighted by Crippen LogP contribution is 2.16. The molecule has 0 saturated carbocycles. The minimum Gasteiger partial charge on any atom is -0.352 e. The van der Waals surface area contributed by atoms with Gasteiger partial charge in [-0.2, -0.15) is 0 Å². The van der Waals surface area contributed by atoms with Crippen LogP contribution in [0.5, 0.6) is 0 Å². The quantitative estimate of drug-likeness (QED) is 0.840. The van der Waals surface area contributed by atoms with Crippen molar-refractivity contribution in [1.82, 2.24) is 15.5 Å². The summed E-state index contributed by atoms with van der Waals surface area (Å²) in [7, 11) is 0. The molecular weight excluding hydrogens is 313 g/mol. The van der Waals surface area contributed by atoms with Gasteiger partial charge in [0.1, 0.15) is 5.82 Å². The van der Waals surface area contributed by atoms with Gasteiger partial charge < -0.3 is 15.5 Å². The Morgan fingerprint density at radius 1 is 1.21 bits per heavy atom. The summed E-state index contributed by atoms with van der Waals surface area (Å²) in [6.45, 7) is 3.06. The van der Waals surface area contributed by atoms with Gasteiger partial charge in [0.25, 0.3) is 5.91 Å². The van der Waals surface area contributed by atoms with Crippen LogP contribution in [0.4, 0.5) is 4.39 Å². The molecule has 0 radical (unpaired) electrons. The first kappa shape index (κ1) is 17.9. The second kappa shape index (κ2) is 8.42. The topological polar surface area (TPSA) is 78.5 Å². The number of nitrogens with zero attached hydrogens (tertiary/aromatic N) is 1. The van der Waals surface area contributed by atoms with Gasteiger partial charge in [0.05, 0.1) is 6.54 Å². The van der Waals surface area contributed by atoms with Gasteiger partial charge >= 0.3 is 0 Å². The lowest BCUT2D eigenvalue weighted by Crippen LogP contribution is -2.47. The Hall–Kier alpha value is -2.44. The Labute approximate surface area is 140 Å². The van der Waals surface area contributed by atoms with Crippen molar-refractivity contribution in [3.8, 4) is 0 Å². The second-order valence-corrected chi connectivity index (χ2v) is 5.97. The van der Waals surface area contributed by atoms with Crippen LogP contribution in [0.3, 0.4) is 0 Å². The van der Waals surface area contributed by atoms with E-state index < -0.39 is 0 Å². The normalized spacial score (nSPS) is 17.2. The van der Waals surface area contributed by atoms with Crippen molar-refractivity contribution in [3.63, 3.8) is 0 Å². The fourth-order valence-corrected chi connectivity index (χ4v) is 2.71. The van der Waals surface area contributed by atoms with Crippen LogP contribution in [-0.2, 0) is 9.59 Å². The van der Waals surface area contributed by atoms with E-state index in [1.807, 2.05) is 0 Å². The Bertz CT molecular complexity index is 604. The van der Waals surface area contributed by atoms with Gasteiger partial charge in [-0.05, 0) is 43.0 Å². The third-order valence-corrected chi connectivity index (χ3v) is 4.02. The molecule has 2 rings (SSSR count). The number of piperidine rings is 1. The van der Waals surface area contributed by atoms with Gasteiger partial charge in [0.15, 0.2) is 0 Å². The van der Waals surface area contributed by atoms with Crippen molar-refractivity contribution in [2.24, 2.45) is 5.92 Å². The molecule has 24 heavy (non-hydrogen) atoms. The van der Waals surface area contributed by atoms with Crippen LogP contribution < -0.4 is 10.6 Å². The Kier molecular flexibility index (Phi) is 6.28. The number of hydrogen-bond acceptors (Lipinski definition) is 3. The summed E-state index contributed by atoms with van der Waals surface area (Å²) in [5, 5.41) is 5.33. The fraction of sp³-hybridized carbons (Fsp3) is 0.471. The van der Waals surface area contributed by atoms with E-state index in [2.05, 4.69) is 10.6 Å². The van der Waals surface area contributed by atoms with Gasteiger partial charge in [0.2, 0.25) is 11.8 Å². The number of hydrogen-bond donors (Lipinski definition) is 2. The molecule has 0 aliphatic carbocycles. The third-order valence-electron chi connectivity index (χ3n) is 4.02. The van der Waals surface area contributed by atoms with Crippen molar-refractivity contribution in [1.29, 1.82) is 0 Å². The summed E-state index contributed by atoms with van der Waals surface area (Å²) in [5.41, 5.74) is 0.408. The minimum absolute atomic E-state index is 0.00396. The molecule has 1 heterocycles. The maximum absolute atomic E-state index is 12.9. The van der Waals surface area contributed by atoms with Gasteiger partial charge in [-0.3, -0.25) is 14.4 Å². The molecule has 1 unspecified atom stereocenters. The van der Waals surface area contributed by atoms with E-state index in [4.69, 9.17) is 0 Å². The number of amides is 3. The molecule has 1 aromatic rings. The molecule has 1 aliphatic heterocycles. The minimum atomic E-state index is -0.382. The smallest absolute Gasteiger partial charge is 0.251 e. The Balaban J connectivity index is 1.80. The fourth-order valence-electron chi connectivity index (χ4n) is 2.71. The predicted octanol–water partition coefficient (Wildman–Crippen LogP) is 0.930. The van der Waals surface area contributed by atoms with Crippen LogP contribution >= 0.6 is 0 Å². The number of halogens is 1. The van der Waals surface area contributed by atoms with Crippen LogP contribution in [0.15, 0.2) is 24.3 Å². The molecule has 7 heteroatoms. The van der Waals surface area contributed by atoms with Crippen LogP contribution in [0.25, 0.3) is 0 Å². The number of carbonyl (C=O) groups excluding carboxylic acids is 3. The average Bonchev–Trinajstić information content (AvgIpc) is 2.58. The maximum Gasteiger partial charge on any atom is 0.251 e. The molecule has 2 N–H and O–H groups in total. The first-order chi connectivity index (χ1) is 11.5. The largest absolute Gasteiger partial charge is 0.352 e. The number of carbonyl (C=O) groups is 3. The molecule has 0 bridgehead atoms. The second-order valence-electron chi connectivity index (χ2n) is 5.97. The lowest BCUT2D eigenvalue weighted by molar-refractivity contribution is -0.134. The number of rotatable bonds is 5. The molecular formula is C17H22FN3O3. The first-order valence-corrected chi connectivity index (χ1v) is 8.01. The average molecular weight is 335 g/mol. The van der Waals surface area contributed by atoms with E-state index in [1.165, 1.54) is 31.2 Å². The standard InChI is InChI=1S/C17H22FN3O3/c1-12(22)19-10-16(23)21-8-2-3-13(11-21)9-20-17(24)14-4-6-15(18)7-5-14/h4-7,13H,2-3,8-11H2,1H3,(H,19,22)(H,20,24). The van der Waals surface area contributed by atoms with E-state index in [9.17, 15) is 18.8 Å². The molecule has 130 valence electrons. The Morgan fingerprint density at radius 2 is 1.92 bits per heavy atom. The van der Waals surface area contributed by atoms with Crippen molar-refractivity contribution in [2.75, 3.05) is 26.2 Å². The highest BCUT2D eigenvalue weighted by molar-refractivity contribution is 5.94. The SMILES string of the molecule is CC(=O)NCC(=O)N1CCCC(CNC(=O)c2ccc(F)cc2)C1. The van der Waals surface area contributed by atoms with Gasteiger partial charge in [-0.25, -0.2) is 4.39 Å². The van der Waals surface area contributed by atoms with Crippen molar-refractivity contribution < 1.29 is 18.8 Å². The number of benzene rings is 1. The zero-order valence-corrected chi connectivity index (χ0v) is 13.7. The van der Waals surface area contributed by atoms with E-state index >= 15 is 0 Å². The van der Waals surface area contributed by atoms with Crippen molar-refractivity contribution in [2.45, 2.75) is 19.8 Å². The van der Waals surface area contributed by atoms with E-state index in [-0.39, 0.29) is 36.0 Å². The summed E-state index contributed by atoms with van der Waals surface area (Å²) >= 11 is 0. The molecule has 6 nitrogen and oxygen atoms in total. The van der Waals surface area contributed by atoms with Crippen LogP contribution in [-0.4, -0.2) is 48.8 Å². The molecule has 1 atom stereocenters. The van der Waals surface area contributed by atoms with Gasteiger partial charge in [-0.1, -0.05) is 0 Å². The van der Waals surface area contributed by atoms with E-state index in [1.54, 1.807) is 4.90 Å². The molecule has 1 aliphatic rings. The van der Waals surface area contributed by atoms with E-state index in [0.29, 0.717) is 25.2 Å². The summed E-state index contributed by atoms with van der Waals surface area (Å²) in [6, 6.07) is 5.37. The summed E-state index contributed by atoms with van der Waals surface area (Å²) in [6.07, 6.45) is 1.79. The van der Waals surface area contributed by atoms with Gasteiger partial charge in [-0.15, -0.1) is 0 Å². The molecule has 0 spiro atoms. The summed E-state index contributed by atoms with van der Waals surface area (Å²) in [5.74, 6) is -0.809. The molecule has 3 amide bonds. The molecule has 0 aromatic heterocycles. The summed E-state index contributed by atoms with van der Waals surface area (Å²) in [4.78, 5) is 36.7. The highest BCUT2D eigenvalue weighted by Gasteiger charge is 2.24. The maximum atomic E-state index is 12.9. The number of likely N-dealkylation sites (tertiary alicyclic amines) is 1. The summed E-state index contributed by atoms with van der Waals surface area (Å²) < 4.78 is 12.9. The Morgan fingerprint density at radius 3 is 2.58 bits per heavy atom. The zero-order chi connectivity index (χ0) is 17.5. The molecule has 1 saturated heterocycles. The van der Waals surface area contributed by atoms with E-state index in [0.717, 1.165) is 12.8 Å². The van der Waals surface area contributed by atoms with Crippen LogP contribution in [0, 0.1) is 11.7 Å². The van der Waals surface area contributed by atoms with Gasteiger partial charge in [0, 0.05) is 32.1 Å². The number of nitrogens with one attached hydrogen (secondary N) is 2. The van der Waals surface area contributed by atoms with Crippen molar-refractivity contribution in [3.05, 3.63) is 35.6 Å². The lowest BCUT2D eigenvalue weighted by atomic mass is 9.97. The monoisotopic (exact) mass is 335 g/mol. The zero-order valence-electron chi connectivity index (χ0n) is 13.7. The molecule has 1 aromatic carbocycles. The predicted molar refractivity (Wildman–Crippen MR) is 86.7 cm³/mol. The molecule has 1 fully saturated rings.